The molecule has 2 heteroatoms. The van der Waals surface area contributed by atoms with Gasteiger partial charge in [0.25, 0.3) is 0 Å². The van der Waals surface area contributed by atoms with Crippen LogP contribution in [-0.2, 0) is 11.2 Å². The van der Waals surface area contributed by atoms with Crippen molar-refractivity contribution in [3.63, 3.8) is 0 Å². The van der Waals surface area contributed by atoms with E-state index >= 15 is 0 Å². The van der Waals surface area contributed by atoms with E-state index in [0.717, 1.165) is 12.8 Å². The van der Waals surface area contributed by atoms with Gasteiger partial charge in [0.2, 0.25) is 0 Å². The summed E-state index contributed by atoms with van der Waals surface area (Å²) >= 11 is 0. The van der Waals surface area contributed by atoms with Crippen LogP contribution >= 0.6 is 0 Å². The van der Waals surface area contributed by atoms with Crippen LogP contribution in [0.25, 0.3) is 0 Å². The number of allylic oxidation sites excluding steroid dienone is 1. The highest BCUT2D eigenvalue weighted by Gasteiger charge is 2.21. The first-order valence-corrected chi connectivity index (χ1v) is 5.72. The number of hydrogen-bond acceptors (Lipinski definition) is 2. The van der Waals surface area contributed by atoms with Crippen LogP contribution in [0.5, 0.6) is 0 Å². The van der Waals surface area contributed by atoms with Gasteiger partial charge in [0.05, 0.1) is 6.10 Å². The van der Waals surface area contributed by atoms with Crippen molar-refractivity contribution in [1.82, 2.24) is 0 Å². The van der Waals surface area contributed by atoms with E-state index in [1.54, 1.807) is 0 Å². The lowest BCUT2D eigenvalue weighted by Gasteiger charge is -2.10. The number of Topliss-reactive ketones (excluding diaryl/α,β-unsaturated/α-hetero) is 1. The molecule has 2 nitrogen and oxygen atoms in total. The normalized spacial score (nSPS) is 17.3. The molecule has 1 N–H and O–H groups in total. The van der Waals surface area contributed by atoms with Crippen molar-refractivity contribution in [2.24, 2.45) is 0 Å². The summed E-state index contributed by atoms with van der Waals surface area (Å²) in [5, 5.41) is 9.89. The van der Waals surface area contributed by atoms with Crippen LogP contribution < -0.4 is 0 Å². The predicted molar refractivity (Wildman–Crippen MR) is 63.1 cm³/mol. The molecule has 0 radical (unpaired) electrons. The smallest absolute Gasteiger partial charge is 0.161 e. The van der Waals surface area contributed by atoms with Crippen molar-refractivity contribution >= 4 is 5.78 Å². The summed E-state index contributed by atoms with van der Waals surface area (Å²) in [6.07, 6.45) is 4.08. The van der Waals surface area contributed by atoms with E-state index in [1.165, 1.54) is 5.56 Å². The molecule has 1 atom stereocenters. The maximum absolute atomic E-state index is 11.4. The first kappa shape index (κ1) is 11.1. The maximum Gasteiger partial charge on any atom is 0.161 e. The lowest BCUT2D eigenvalue weighted by atomic mass is 10.0. The van der Waals surface area contributed by atoms with Crippen molar-refractivity contribution in [2.45, 2.75) is 31.8 Å². The molecule has 84 valence electrons. The molecule has 0 bridgehead atoms. The predicted octanol–water partition coefficient (Wildman–Crippen LogP) is 2.27. The molecule has 1 aliphatic carbocycles. The number of aryl methyl sites for hydroxylation is 1. The Morgan fingerprint density at radius 2 is 2.00 bits per heavy atom. The van der Waals surface area contributed by atoms with Gasteiger partial charge in [-0.05, 0) is 24.8 Å². The zero-order valence-electron chi connectivity index (χ0n) is 9.23. The largest absolute Gasteiger partial charge is 0.388 e. The second-order valence-electron chi connectivity index (χ2n) is 4.16. The van der Waals surface area contributed by atoms with E-state index < -0.39 is 6.10 Å². The van der Waals surface area contributed by atoms with Crippen LogP contribution in [0.15, 0.2) is 42.0 Å². The standard InChI is InChI=1S/C14H16O2/c15-13-8-4-7-12(13)14(16)10-9-11-5-2-1-3-6-11/h1-3,5-7,14,16H,4,8-10H2/t14-/m1/s1. The van der Waals surface area contributed by atoms with Crippen molar-refractivity contribution in [3.05, 3.63) is 47.5 Å². The molecule has 1 aromatic carbocycles. The summed E-state index contributed by atoms with van der Waals surface area (Å²) < 4.78 is 0. The molecule has 0 aromatic heterocycles. The van der Waals surface area contributed by atoms with Gasteiger partial charge in [0.15, 0.2) is 5.78 Å². The number of carbonyl (C=O) groups excluding carboxylic acids is 1. The quantitative estimate of drug-likeness (QED) is 0.838. The fourth-order valence-electron chi connectivity index (χ4n) is 2.04. The molecule has 1 aliphatic rings. The van der Waals surface area contributed by atoms with E-state index in [1.807, 2.05) is 36.4 Å². The van der Waals surface area contributed by atoms with Gasteiger partial charge in [-0.1, -0.05) is 36.4 Å². The lowest BCUT2D eigenvalue weighted by molar-refractivity contribution is -0.115. The van der Waals surface area contributed by atoms with Gasteiger partial charge in [0, 0.05) is 12.0 Å². The number of carbonyl (C=O) groups is 1. The Morgan fingerprint density at radius 3 is 2.62 bits per heavy atom. The molecule has 0 unspecified atom stereocenters. The first-order chi connectivity index (χ1) is 7.77. The fraction of sp³-hybridized carbons (Fsp3) is 0.357. The van der Waals surface area contributed by atoms with Crippen LogP contribution in [0.1, 0.15) is 24.8 Å². The third kappa shape index (κ3) is 2.58. The number of aliphatic hydroxyl groups excluding tert-OH is 1. The summed E-state index contributed by atoms with van der Waals surface area (Å²) in [5.41, 5.74) is 1.82. The summed E-state index contributed by atoms with van der Waals surface area (Å²) in [5.74, 6) is 0.112. The van der Waals surface area contributed by atoms with Gasteiger partial charge in [-0.15, -0.1) is 0 Å². The molecule has 2 rings (SSSR count). The number of aliphatic hydroxyl groups is 1. The molecule has 0 amide bonds. The Morgan fingerprint density at radius 1 is 1.25 bits per heavy atom. The molecule has 0 heterocycles. The number of ketones is 1. The molecule has 0 spiro atoms. The monoisotopic (exact) mass is 216 g/mol. The Hall–Kier alpha value is -1.41. The highest BCUT2D eigenvalue weighted by Crippen LogP contribution is 2.20. The van der Waals surface area contributed by atoms with Crippen LogP contribution in [0.2, 0.25) is 0 Å². The van der Waals surface area contributed by atoms with Gasteiger partial charge in [0.1, 0.15) is 0 Å². The van der Waals surface area contributed by atoms with Crippen LogP contribution in [0.4, 0.5) is 0 Å². The second-order valence-corrected chi connectivity index (χ2v) is 4.16. The van der Waals surface area contributed by atoms with E-state index in [9.17, 15) is 9.90 Å². The summed E-state index contributed by atoms with van der Waals surface area (Å²) in [7, 11) is 0. The van der Waals surface area contributed by atoms with Crippen molar-refractivity contribution in [3.8, 4) is 0 Å². The number of hydrogen-bond donors (Lipinski definition) is 1. The second kappa shape index (κ2) is 5.08. The number of benzene rings is 1. The summed E-state index contributed by atoms with van der Waals surface area (Å²) in [6, 6.07) is 10.0. The molecular formula is C14H16O2. The van der Waals surface area contributed by atoms with E-state index in [0.29, 0.717) is 18.4 Å². The lowest BCUT2D eigenvalue weighted by Crippen LogP contribution is -2.15. The van der Waals surface area contributed by atoms with Crippen LogP contribution in [0, 0.1) is 0 Å². The fourth-order valence-corrected chi connectivity index (χ4v) is 2.04. The minimum atomic E-state index is -0.588. The van der Waals surface area contributed by atoms with Crippen LogP contribution in [0.3, 0.4) is 0 Å². The molecule has 0 aliphatic heterocycles. The minimum Gasteiger partial charge on any atom is -0.388 e. The molecule has 0 saturated heterocycles. The van der Waals surface area contributed by atoms with Gasteiger partial charge >= 0.3 is 0 Å². The highest BCUT2D eigenvalue weighted by atomic mass is 16.3. The molecule has 0 saturated carbocycles. The third-order valence-corrected chi connectivity index (χ3v) is 2.97. The number of rotatable bonds is 4. The summed E-state index contributed by atoms with van der Waals surface area (Å²) in [4.78, 5) is 11.4. The van der Waals surface area contributed by atoms with Gasteiger partial charge < -0.3 is 5.11 Å². The maximum atomic E-state index is 11.4. The minimum absolute atomic E-state index is 0.112. The van der Waals surface area contributed by atoms with Crippen molar-refractivity contribution in [2.75, 3.05) is 0 Å². The Labute approximate surface area is 95.6 Å². The van der Waals surface area contributed by atoms with Crippen LogP contribution in [-0.4, -0.2) is 17.0 Å². The molecular weight excluding hydrogens is 200 g/mol. The molecule has 16 heavy (non-hydrogen) atoms. The van der Waals surface area contributed by atoms with E-state index in [2.05, 4.69) is 0 Å². The van der Waals surface area contributed by atoms with E-state index in [4.69, 9.17) is 0 Å². The summed E-state index contributed by atoms with van der Waals surface area (Å²) in [6.45, 7) is 0. The average molecular weight is 216 g/mol. The first-order valence-electron chi connectivity index (χ1n) is 5.72. The third-order valence-electron chi connectivity index (χ3n) is 2.97. The molecule has 1 aromatic rings. The van der Waals surface area contributed by atoms with Crippen molar-refractivity contribution < 1.29 is 9.90 Å². The average Bonchev–Trinajstić information content (AvgIpc) is 2.74. The Bertz CT molecular complexity index is 392. The van der Waals surface area contributed by atoms with E-state index in [-0.39, 0.29) is 5.78 Å². The Balaban J connectivity index is 1.89. The van der Waals surface area contributed by atoms with Gasteiger partial charge in [-0.25, -0.2) is 0 Å². The SMILES string of the molecule is O=C1CCC=C1[C@H](O)CCc1ccccc1. The van der Waals surface area contributed by atoms with Crippen molar-refractivity contribution in [1.29, 1.82) is 0 Å². The van der Waals surface area contributed by atoms with Gasteiger partial charge in [-0.2, -0.15) is 0 Å². The van der Waals surface area contributed by atoms with Gasteiger partial charge in [-0.3, -0.25) is 4.79 Å². The Kier molecular flexibility index (Phi) is 3.52. The zero-order chi connectivity index (χ0) is 11.4. The molecule has 0 fully saturated rings. The highest BCUT2D eigenvalue weighted by molar-refractivity contribution is 5.98. The zero-order valence-corrected chi connectivity index (χ0v) is 9.23. The topological polar surface area (TPSA) is 37.3 Å².